The molecule has 0 spiro atoms. The van der Waals surface area contributed by atoms with Crippen LogP contribution in [0.1, 0.15) is 12.6 Å². The van der Waals surface area contributed by atoms with Crippen LogP contribution in [0.15, 0.2) is 47.5 Å². The summed E-state index contributed by atoms with van der Waals surface area (Å²) in [5, 5.41) is 5.86. The Morgan fingerprint density at radius 3 is 2.62 bits per heavy atom. The highest BCUT2D eigenvalue weighted by molar-refractivity contribution is 6.30. The summed E-state index contributed by atoms with van der Waals surface area (Å²) in [4.78, 5) is 17.0. The highest BCUT2D eigenvalue weighted by Crippen LogP contribution is 2.29. The summed E-state index contributed by atoms with van der Waals surface area (Å²) in [5.74, 6) is 0. The van der Waals surface area contributed by atoms with Crippen molar-refractivity contribution < 1.29 is 0 Å². The van der Waals surface area contributed by atoms with Crippen molar-refractivity contribution in [2.75, 3.05) is 0 Å². The lowest BCUT2D eigenvalue weighted by Gasteiger charge is -2.05. The quantitative estimate of drug-likeness (QED) is 0.560. The highest BCUT2D eigenvalue weighted by atomic mass is 35.5. The van der Waals surface area contributed by atoms with E-state index in [1.165, 1.54) is 0 Å². The number of aromatic nitrogens is 4. The van der Waals surface area contributed by atoms with Crippen LogP contribution in [-0.2, 0) is 6.54 Å². The molecule has 5 nitrogen and oxygen atoms in total. The van der Waals surface area contributed by atoms with Gasteiger partial charge in [-0.15, -0.1) is 0 Å². The summed E-state index contributed by atoms with van der Waals surface area (Å²) in [5.41, 5.74) is 4.26. The Bertz CT molecular complexity index is 1130. The van der Waals surface area contributed by atoms with Gasteiger partial charge in [-0.25, -0.2) is 9.50 Å². The van der Waals surface area contributed by atoms with Crippen molar-refractivity contribution in [1.82, 2.24) is 19.2 Å². The molecule has 0 aliphatic carbocycles. The topological polar surface area (TPSA) is 52.2 Å². The Balaban J connectivity index is 2.06. The molecule has 0 saturated heterocycles. The first kappa shape index (κ1) is 14.9. The fraction of sp³-hybridized carbons (Fsp3) is 0.167. The minimum atomic E-state index is -0.0504. The summed E-state index contributed by atoms with van der Waals surface area (Å²) < 4.78 is 3.41. The van der Waals surface area contributed by atoms with Gasteiger partial charge in [0.15, 0.2) is 5.65 Å². The van der Waals surface area contributed by atoms with E-state index in [4.69, 9.17) is 11.6 Å². The normalized spacial score (nSPS) is 11.5. The van der Waals surface area contributed by atoms with Crippen LogP contribution in [0.25, 0.3) is 27.7 Å². The van der Waals surface area contributed by atoms with Crippen LogP contribution in [-0.4, -0.2) is 19.2 Å². The van der Waals surface area contributed by atoms with Crippen molar-refractivity contribution in [2.24, 2.45) is 0 Å². The molecule has 120 valence electrons. The molecule has 3 heterocycles. The zero-order valence-electron chi connectivity index (χ0n) is 13.3. The van der Waals surface area contributed by atoms with E-state index in [2.05, 4.69) is 10.1 Å². The molecule has 0 amide bonds. The number of rotatable bonds is 2. The van der Waals surface area contributed by atoms with E-state index in [9.17, 15) is 4.79 Å². The molecule has 0 aliphatic heterocycles. The van der Waals surface area contributed by atoms with E-state index in [1.807, 2.05) is 44.2 Å². The smallest absolute Gasteiger partial charge is 0.261 e. The summed E-state index contributed by atoms with van der Waals surface area (Å²) in [7, 11) is 0. The van der Waals surface area contributed by atoms with Gasteiger partial charge in [0.2, 0.25) is 0 Å². The number of benzene rings is 1. The summed E-state index contributed by atoms with van der Waals surface area (Å²) in [6, 6.07) is 9.51. The first-order valence-electron chi connectivity index (χ1n) is 7.73. The molecule has 4 aromatic rings. The Morgan fingerprint density at radius 1 is 1.17 bits per heavy atom. The predicted octanol–water partition coefficient (Wildman–Crippen LogP) is 3.69. The van der Waals surface area contributed by atoms with Crippen LogP contribution >= 0.6 is 11.6 Å². The van der Waals surface area contributed by atoms with E-state index in [-0.39, 0.29) is 5.56 Å². The van der Waals surface area contributed by atoms with Crippen molar-refractivity contribution in [2.45, 2.75) is 20.4 Å². The van der Waals surface area contributed by atoms with Crippen LogP contribution in [0, 0.1) is 6.92 Å². The maximum absolute atomic E-state index is 12.5. The second-order valence-electron chi connectivity index (χ2n) is 5.67. The van der Waals surface area contributed by atoms with Gasteiger partial charge >= 0.3 is 0 Å². The molecule has 0 aliphatic rings. The van der Waals surface area contributed by atoms with Crippen LogP contribution in [0.5, 0.6) is 0 Å². The maximum Gasteiger partial charge on any atom is 0.261 e. The van der Waals surface area contributed by atoms with Gasteiger partial charge in [0.1, 0.15) is 0 Å². The fourth-order valence-corrected chi connectivity index (χ4v) is 3.15. The predicted molar refractivity (Wildman–Crippen MR) is 95.6 cm³/mol. The van der Waals surface area contributed by atoms with Gasteiger partial charge in [-0.05, 0) is 37.6 Å². The third-order valence-corrected chi connectivity index (χ3v) is 4.49. The van der Waals surface area contributed by atoms with Gasteiger partial charge in [-0.3, -0.25) is 4.79 Å². The summed E-state index contributed by atoms with van der Waals surface area (Å²) >= 11 is 5.98. The average Bonchev–Trinajstić information content (AvgIpc) is 2.92. The third kappa shape index (κ3) is 2.12. The first-order chi connectivity index (χ1) is 11.6. The van der Waals surface area contributed by atoms with Crippen molar-refractivity contribution >= 4 is 28.2 Å². The number of nitrogens with zero attached hydrogens (tertiary/aromatic N) is 4. The van der Waals surface area contributed by atoms with Crippen molar-refractivity contribution in [1.29, 1.82) is 0 Å². The fourth-order valence-electron chi connectivity index (χ4n) is 3.02. The Labute approximate surface area is 143 Å². The number of halogens is 1. The summed E-state index contributed by atoms with van der Waals surface area (Å²) in [6.07, 6.45) is 3.43. The van der Waals surface area contributed by atoms with Gasteiger partial charge in [0, 0.05) is 29.5 Å². The minimum absolute atomic E-state index is 0.0504. The van der Waals surface area contributed by atoms with E-state index < -0.39 is 0 Å². The molecule has 0 bridgehead atoms. The van der Waals surface area contributed by atoms with Crippen LogP contribution in [0.3, 0.4) is 0 Å². The monoisotopic (exact) mass is 338 g/mol. The second-order valence-corrected chi connectivity index (χ2v) is 6.10. The van der Waals surface area contributed by atoms with E-state index >= 15 is 0 Å². The molecule has 0 unspecified atom stereocenters. The molecule has 0 N–H and O–H groups in total. The molecular weight excluding hydrogens is 324 g/mol. The molecule has 0 radical (unpaired) electrons. The Hall–Kier alpha value is -2.66. The van der Waals surface area contributed by atoms with Gasteiger partial charge < -0.3 is 4.57 Å². The lowest BCUT2D eigenvalue weighted by Crippen LogP contribution is -2.19. The minimum Gasteiger partial charge on any atom is -0.315 e. The second kappa shape index (κ2) is 5.46. The molecule has 3 aromatic heterocycles. The average molecular weight is 339 g/mol. The third-order valence-electron chi connectivity index (χ3n) is 4.23. The largest absolute Gasteiger partial charge is 0.315 e. The van der Waals surface area contributed by atoms with Gasteiger partial charge in [0.25, 0.3) is 5.56 Å². The van der Waals surface area contributed by atoms with Crippen LogP contribution in [0.2, 0.25) is 5.02 Å². The number of fused-ring (bicyclic) bond motifs is 3. The van der Waals surface area contributed by atoms with Crippen molar-refractivity contribution in [3.05, 3.63) is 63.8 Å². The SMILES string of the molecule is CCn1ccc2c(cnc3c(-c4ccc(Cl)cc4)c(C)nn32)c1=O. The zero-order valence-corrected chi connectivity index (χ0v) is 14.1. The van der Waals surface area contributed by atoms with E-state index in [1.54, 1.807) is 21.5 Å². The first-order valence-corrected chi connectivity index (χ1v) is 8.11. The van der Waals surface area contributed by atoms with Gasteiger partial charge in [-0.2, -0.15) is 5.10 Å². The van der Waals surface area contributed by atoms with E-state index in [0.717, 1.165) is 28.0 Å². The van der Waals surface area contributed by atoms with Crippen molar-refractivity contribution in [3.63, 3.8) is 0 Å². The van der Waals surface area contributed by atoms with Gasteiger partial charge in [-0.1, -0.05) is 23.7 Å². The number of hydrogen-bond donors (Lipinski definition) is 0. The molecular formula is C18H15ClN4O. The highest BCUT2D eigenvalue weighted by Gasteiger charge is 2.16. The Morgan fingerprint density at radius 2 is 1.92 bits per heavy atom. The van der Waals surface area contributed by atoms with Crippen LogP contribution < -0.4 is 5.56 Å². The maximum atomic E-state index is 12.5. The zero-order chi connectivity index (χ0) is 16.8. The molecule has 4 rings (SSSR count). The molecule has 6 heteroatoms. The molecule has 1 aromatic carbocycles. The molecule has 24 heavy (non-hydrogen) atoms. The van der Waals surface area contributed by atoms with Gasteiger partial charge in [0.05, 0.1) is 16.6 Å². The standard InChI is InChI=1S/C18H15ClN4O/c1-3-22-9-8-15-14(18(22)24)10-20-17-16(11(2)21-23(15)17)12-4-6-13(19)7-5-12/h4-10H,3H2,1-2H3. The number of pyridine rings is 1. The van der Waals surface area contributed by atoms with E-state index in [0.29, 0.717) is 17.0 Å². The Kier molecular flexibility index (Phi) is 3.39. The summed E-state index contributed by atoms with van der Waals surface area (Å²) in [6.45, 7) is 4.51. The van der Waals surface area contributed by atoms with Crippen LogP contribution in [0.4, 0.5) is 0 Å². The number of hydrogen-bond acceptors (Lipinski definition) is 3. The number of aryl methyl sites for hydroxylation is 2. The van der Waals surface area contributed by atoms with Crippen molar-refractivity contribution in [3.8, 4) is 11.1 Å². The molecule has 0 fully saturated rings. The lowest BCUT2D eigenvalue weighted by atomic mass is 10.1. The lowest BCUT2D eigenvalue weighted by molar-refractivity contribution is 0.733. The molecule has 0 atom stereocenters. The molecule has 0 saturated carbocycles.